The third-order valence-electron chi connectivity index (χ3n) is 3.17. The lowest BCUT2D eigenvalue weighted by Gasteiger charge is -2.09. The molecule has 0 spiro atoms. The van der Waals surface area contributed by atoms with Crippen LogP contribution in [-0.4, -0.2) is 4.92 Å². The Kier molecular flexibility index (Phi) is 4.71. The van der Waals surface area contributed by atoms with Crippen LogP contribution >= 0.6 is 11.6 Å². The molecule has 2 aromatic carbocycles. The number of aryl methyl sites for hydroxylation is 1. The van der Waals surface area contributed by atoms with Gasteiger partial charge in [0.05, 0.1) is 15.5 Å². The van der Waals surface area contributed by atoms with E-state index < -0.39 is 4.92 Å². The van der Waals surface area contributed by atoms with Crippen LogP contribution in [-0.2, 0) is 13.1 Å². The minimum Gasteiger partial charge on any atom is -0.308 e. The molecule has 2 rings (SSSR count). The number of hydrogen-bond donors (Lipinski definition) is 1. The van der Waals surface area contributed by atoms with E-state index >= 15 is 0 Å². The van der Waals surface area contributed by atoms with Crippen molar-refractivity contribution in [2.75, 3.05) is 0 Å². The van der Waals surface area contributed by atoms with Gasteiger partial charge in [-0.25, -0.2) is 0 Å². The topological polar surface area (TPSA) is 55.2 Å². The number of hydrogen-bond acceptors (Lipinski definition) is 3. The van der Waals surface area contributed by atoms with E-state index in [1.807, 2.05) is 31.2 Å². The van der Waals surface area contributed by atoms with Crippen molar-refractivity contribution in [3.05, 3.63) is 74.3 Å². The molecule has 0 aliphatic rings. The number of nitro groups is 1. The van der Waals surface area contributed by atoms with Crippen molar-refractivity contribution in [1.29, 1.82) is 0 Å². The van der Waals surface area contributed by atoms with E-state index in [4.69, 9.17) is 11.6 Å². The highest BCUT2D eigenvalue weighted by atomic mass is 35.5. The number of rotatable bonds is 5. The molecule has 0 aliphatic carbocycles. The van der Waals surface area contributed by atoms with Gasteiger partial charge in [0.1, 0.15) is 0 Å². The predicted molar refractivity (Wildman–Crippen MR) is 79.8 cm³/mol. The van der Waals surface area contributed by atoms with E-state index in [9.17, 15) is 10.1 Å². The van der Waals surface area contributed by atoms with Crippen molar-refractivity contribution in [3.63, 3.8) is 0 Å². The van der Waals surface area contributed by atoms with Crippen LogP contribution in [0.3, 0.4) is 0 Å². The van der Waals surface area contributed by atoms with Crippen LogP contribution < -0.4 is 5.32 Å². The zero-order valence-electron chi connectivity index (χ0n) is 11.1. The van der Waals surface area contributed by atoms with E-state index in [-0.39, 0.29) is 5.69 Å². The van der Waals surface area contributed by atoms with Gasteiger partial charge in [-0.1, -0.05) is 41.9 Å². The van der Waals surface area contributed by atoms with Gasteiger partial charge in [-0.3, -0.25) is 10.1 Å². The van der Waals surface area contributed by atoms with Gasteiger partial charge in [-0.05, 0) is 24.1 Å². The first-order valence-corrected chi connectivity index (χ1v) is 6.64. The summed E-state index contributed by atoms with van der Waals surface area (Å²) in [5.41, 5.74) is 2.93. The van der Waals surface area contributed by atoms with Crippen LogP contribution in [0.1, 0.15) is 16.7 Å². The molecule has 0 fully saturated rings. The molecule has 0 aliphatic heterocycles. The molecule has 0 atom stereocenters. The van der Waals surface area contributed by atoms with Crippen molar-refractivity contribution < 1.29 is 4.92 Å². The lowest BCUT2D eigenvalue weighted by atomic mass is 10.1. The molecule has 0 saturated carbocycles. The summed E-state index contributed by atoms with van der Waals surface area (Å²) in [7, 11) is 0. The Hall–Kier alpha value is -1.91. The van der Waals surface area contributed by atoms with Crippen LogP contribution in [0.2, 0.25) is 5.02 Å². The highest BCUT2D eigenvalue weighted by Crippen LogP contribution is 2.26. The van der Waals surface area contributed by atoms with Gasteiger partial charge in [0.15, 0.2) is 0 Å². The maximum Gasteiger partial charge on any atom is 0.275 e. The lowest BCUT2D eigenvalue weighted by molar-refractivity contribution is -0.385. The second-order valence-electron chi connectivity index (χ2n) is 4.52. The maximum absolute atomic E-state index is 11.0. The van der Waals surface area contributed by atoms with Gasteiger partial charge in [0.25, 0.3) is 5.69 Å². The summed E-state index contributed by atoms with van der Waals surface area (Å²) in [4.78, 5) is 10.6. The van der Waals surface area contributed by atoms with Crippen LogP contribution in [0.15, 0.2) is 42.5 Å². The Morgan fingerprint density at radius 2 is 1.90 bits per heavy atom. The molecule has 20 heavy (non-hydrogen) atoms. The summed E-state index contributed by atoms with van der Waals surface area (Å²) in [5.74, 6) is 0. The number of benzene rings is 2. The van der Waals surface area contributed by atoms with Crippen molar-refractivity contribution in [1.82, 2.24) is 5.32 Å². The van der Waals surface area contributed by atoms with Gasteiger partial charge in [0.2, 0.25) is 0 Å². The third-order valence-corrected chi connectivity index (χ3v) is 3.52. The van der Waals surface area contributed by atoms with E-state index in [1.165, 1.54) is 17.2 Å². The predicted octanol–water partition coefficient (Wildman–Crippen LogP) is 3.85. The normalized spacial score (nSPS) is 10.5. The number of nitrogens with one attached hydrogen (secondary N) is 1. The van der Waals surface area contributed by atoms with Gasteiger partial charge in [-0.15, -0.1) is 0 Å². The molecule has 1 N–H and O–H groups in total. The van der Waals surface area contributed by atoms with Crippen molar-refractivity contribution >= 4 is 17.3 Å². The Bertz CT molecular complexity index is 629. The van der Waals surface area contributed by atoms with E-state index in [1.54, 1.807) is 12.1 Å². The zero-order valence-corrected chi connectivity index (χ0v) is 11.9. The number of nitrogens with zero attached hydrogens (tertiary/aromatic N) is 1. The molecule has 0 saturated heterocycles. The van der Waals surface area contributed by atoms with Crippen molar-refractivity contribution in [2.45, 2.75) is 20.0 Å². The van der Waals surface area contributed by atoms with Crippen LogP contribution in [0.25, 0.3) is 0 Å². The molecule has 0 amide bonds. The first-order valence-electron chi connectivity index (χ1n) is 6.26. The standard InChI is InChI=1S/C15H15ClN2O2/c1-11-5-2-3-6-12(11)9-17-10-13-14(16)7-4-8-15(13)18(19)20/h2-8,17H,9-10H2,1H3. The smallest absolute Gasteiger partial charge is 0.275 e. The van der Waals surface area contributed by atoms with Gasteiger partial charge in [0, 0.05) is 19.2 Å². The Balaban J connectivity index is 2.08. The lowest BCUT2D eigenvalue weighted by Crippen LogP contribution is -2.15. The van der Waals surface area contributed by atoms with Crippen LogP contribution in [0.4, 0.5) is 5.69 Å². The molecule has 2 aromatic rings. The summed E-state index contributed by atoms with van der Waals surface area (Å²) in [6.07, 6.45) is 0. The van der Waals surface area contributed by atoms with Crippen LogP contribution in [0, 0.1) is 17.0 Å². The van der Waals surface area contributed by atoms with E-state index in [0.717, 1.165) is 0 Å². The van der Waals surface area contributed by atoms with Crippen molar-refractivity contribution in [2.24, 2.45) is 0 Å². The fraction of sp³-hybridized carbons (Fsp3) is 0.200. The summed E-state index contributed by atoms with van der Waals surface area (Å²) < 4.78 is 0. The molecule has 4 nitrogen and oxygen atoms in total. The largest absolute Gasteiger partial charge is 0.308 e. The first-order chi connectivity index (χ1) is 9.59. The zero-order chi connectivity index (χ0) is 14.5. The Morgan fingerprint density at radius 1 is 1.15 bits per heavy atom. The molecule has 0 unspecified atom stereocenters. The number of nitro benzene ring substituents is 1. The summed E-state index contributed by atoms with van der Waals surface area (Å²) >= 11 is 6.04. The molecule has 104 valence electrons. The fourth-order valence-electron chi connectivity index (χ4n) is 2.02. The second-order valence-corrected chi connectivity index (χ2v) is 4.93. The molecular weight excluding hydrogens is 276 g/mol. The molecule has 5 heteroatoms. The summed E-state index contributed by atoms with van der Waals surface area (Å²) in [5, 5.41) is 14.6. The summed E-state index contributed by atoms with van der Waals surface area (Å²) in [6.45, 7) is 3.05. The highest BCUT2D eigenvalue weighted by molar-refractivity contribution is 6.31. The first kappa shape index (κ1) is 14.5. The quantitative estimate of drug-likeness (QED) is 0.672. The third kappa shape index (κ3) is 3.35. The number of halogens is 1. The van der Waals surface area contributed by atoms with Gasteiger partial charge >= 0.3 is 0 Å². The monoisotopic (exact) mass is 290 g/mol. The molecule has 0 heterocycles. The average molecular weight is 291 g/mol. The Morgan fingerprint density at radius 3 is 2.60 bits per heavy atom. The van der Waals surface area contributed by atoms with Gasteiger partial charge in [-0.2, -0.15) is 0 Å². The van der Waals surface area contributed by atoms with Crippen LogP contribution in [0.5, 0.6) is 0 Å². The minimum atomic E-state index is -0.406. The molecular formula is C15H15ClN2O2. The summed E-state index contributed by atoms with van der Waals surface area (Å²) in [6, 6.07) is 12.7. The van der Waals surface area contributed by atoms with Gasteiger partial charge < -0.3 is 5.32 Å². The fourth-order valence-corrected chi connectivity index (χ4v) is 2.26. The van der Waals surface area contributed by atoms with E-state index in [2.05, 4.69) is 5.32 Å². The average Bonchev–Trinajstić information content (AvgIpc) is 2.42. The maximum atomic E-state index is 11.0. The second kappa shape index (κ2) is 6.50. The van der Waals surface area contributed by atoms with Crippen molar-refractivity contribution in [3.8, 4) is 0 Å². The highest BCUT2D eigenvalue weighted by Gasteiger charge is 2.15. The molecule has 0 aromatic heterocycles. The van der Waals surface area contributed by atoms with E-state index in [0.29, 0.717) is 23.7 Å². The molecule has 0 bridgehead atoms. The minimum absolute atomic E-state index is 0.0507. The Labute approximate surface area is 122 Å². The SMILES string of the molecule is Cc1ccccc1CNCc1c(Cl)cccc1[N+](=O)[O-]. The molecule has 0 radical (unpaired) electrons.